The van der Waals surface area contributed by atoms with Crippen LogP contribution in [0.15, 0.2) is 24.4 Å². The lowest BCUT2D eigenvalue weighted by Crippen LogP contribution is -2.47. The van der Waals surface area contributed by atoms with Crippen LogP contribution in [0.1, 0.15) is 11.3 Å². The van der Waals surface area contributed by atoms with Gasteiger partial charge in [-0.05, 0) is 19.1 Å². The standard InChI is InChI=1S/C15H17F3N6/c1-10-8-13(22-14(19)21-10)24-6-4-23(5-7-24)12-3-2-11(9-20-12)15(16,17)18/h2-3,8-9H,4-7H2,1H3,(H2,19,21,22). The number of aryl methyl sites for hydroxylation is 1. The number of halogens is 3. The van der Waals surface area contributed by atoms with Gasteiger partial charge in [-0.25, -0.2) is 9.97 Å². The molecule has 0 aromatic carbocycles. The highest BCUT2D eigenvalue weighted by Crippen LogP contribution is 2.29. The van der Waals surface area contributed by atoms with Crippen molar-refractivity contribution < 1.29 is 13.2 Å². The molecule has 0 saturated carbocycles. The van der Waals surface area contributed by atoms with Crippen molar-refractivity contribution in [3.63, 3.8) is 0 Å². The molecule has 1 fully saturated rings. The van der Waals surface area contributed by atoms with Crippen molar-refractivity contribution in [3.05, 3.63) is 35.7 Å². The monoisotopic (exact) mass is 338 g/mol. The van der Waals surface area contributed by atoms with E-state index in [-0.39, 0.29) is 5.95 Å². The molecule has 128 valence electrons. The van der Waals surface area contributed by atoms with Crippen LogP contribution in [-0.2, 0) is 6.18 Å². The van der Waals surface area contributed by atoms with Crippen LogP contribution < -0.4 is 15.5 Å². The number of piperazine rings is 1. The summed E-state index contributed by atoms with van der Waals surface area (Å²) in [7, 11) is 0. The Morgan fingerprint density at radius 3 is 2.12 bits per heavy atom. The fourth-order valence-electron chi connectivity index (χ4n) is 2.64. The van der Waals surface area contributed by atoms with Crippen molar-refractivity contribution in [2.45, 2.75) is 13.1 Å². The second-order valence-electron chi connectivity index (χ2n) is 5.60. The van der Waals surface area contributed by atoms with E-state index in [0.717, 1.165) is 23.8 Å². The number of nitrogens with zero attached hydrogens (tertiary/aromatic N) is 5. The first-order chi connectivity index (χ1) is 11.3. The van der Waals surface area contributed by atoms with Gasteiger partial charge in [0.05, 0.1) is 5.56 Å². The second-order valence-corrected chi connectivity index (χ2v) is 5.60. The van der Waals surface area contributed by atoms with Crippen LogP contribution in [-0.4, -0.2) is 41.1 Å². The number of hydrogen-bond donors (Lipinski definition) is 1. The average molecular weight is 338 g/mol. The highest BCUT2D eigenvalue weighted by Gasteiger charge is 2.31. The van der Waals surface area contributed by atoms with Gasteiger partial charge in [0.25, 0.3) is 0 Å². The van der Waals surface area contributed by atoms with Crippen molar-refractivity contribution in [1.82, 2.24) is 15.0 Å². The molecule has 0 unspecified atom stereocenters. The first-order valence-corrected chi connectivity index (χ1v) is 7.47. The van der Waals surface area contributed by atoms with Gasteiger partial charge in [0.15, 0.2) is 0 Å². The summed E-state index contributed by atoms with van der Waals surface area (Å²) in [5.41, 5.74) is 5.73. The predicted molar refractivity (Wildman–Crippen MR) is 84.8 cm³/mol. The number of nitrogens with two attached hydrogens (primary N) is 1. The van der Waals surface area contributed by atoms with E-state index in [0.29, 0.717) is 32.0 Å². The van der Waals surface area contributed by atoms with Gasteiger partial charge in [-0.15, -0.1) is 0 Å². The molecular weight excluding hydrogens is 321 g/mol. The van der Waals surface area contributed by atoms with Gasteiger partial charge in [0.1, 0.15) is 11.6 Å². The Morgan fingerprint density at radius 2 is 1.62 bits per heavy atom. The van der Waals surface area contributed by atoms with E-state index in [1.54, 1.807) is 0 Å². The maximum atomic E-state index is 12.6. The van der Waals surface area contributed by atoms with Crippen LogP contribution in [0.4, 0.5) is 30.8 Å². The summed E-state index contributed by atoms with van der Waals surface area (Å²) in [5.74, 6) is 1.54. The molecule has 6 nitrogen and oxygen atoms in total. The summed E-state index contributed by atoms with van der Waals surface area (Å²) in [4.78, 5) is 16.2. The van der Waals surface area contributed by atoms with Crippen molar-refractivity contribution >= 4 is 17.6 Å². The summed E-state index contributed by atoms with van der Waals surface area (Å²) in [5, 5.41) is 0. The first kappa shape index (κ1) is 16.3. The van der Waals surface area contributed by atoms with Crippen LogP contribution in [0, 0.1) is 6.92 Å². The van der Waals surface area contributed by atoms with Crippen LogP contribution in [0.2, 0.25) is 0 Å². The van der Waals surface area contributed by atoms with Crippen molar-refractivity contribution in [2.75, 3.05) is 41.7 Å². The number of rotatable bonds is 2. The average Bonchev–Trinajstić information content (AvgIpc) is 2.53. The van der Waals surface area contributed by atoms with Crippen LogP contribution in [0.5, 0.6) is 0 Å². The quantitative estimate of drug-likeness (QED) is 0.904. The molecule has 1 aliphatic rings. The number of anilines is 3. The number of alkyl halides is 3. The molecule has 3 rings (SSSR count). The predicted octanol–water partition coefficient (Wildman–Crippen LogP) is 2.11. The van der Waals surface area contributed by atoms with E-state index in [1.807, 2.05) is 17.9 Å². The minimum atomic E-state index is -4.37. The van der Waals surface area contributed by atoms with E-state index >= 15 is 0 Å². The largest absolute Gasteiger partial charge is 0.417 e. The molecule has 0 amide bonds. The zero-order valence-electron chi connectivity index (χ0n) is 13.1. The lowest BCUT2D eigenvalue weighted by Gasteiger charge is -2.36. The normalized spacial score (nSPS) is 15.7. The molecule has 0 bridgehead atoms. The minimum Gasteiger partial charge on any atom is -0.368 e. The zero-order chi connectivity index (χ0) is 17.3. The van der Waals surface area contributed by atoms with E-state index in [4.69, 9.17) is 5.73 Å². The highest BCUT2D eigenvalue weighted by atomic mass is 19.4. The molecule has 1 aliphatic heterocycles. The lowest BCUT2D eigenvalue weighted by atomic mass is 10.2. The zero-order valence-corrected chi connectivity index (χ0v) is 13.1. The summed E-state index contributed by atoms with van der Waals surface area (Å²) >= 11 is 0. The highest BCUT2D eigenvalue weighted by molar-refractivity contribution is 5.47. The Morgan fingerprint density at radius 1 is 1.00 bits per heavy atom. The van der Waals surface area contributed by atoms with Crippen LogP contribution >= 0.6 is 0 Å². The number of nitrogen functional groups attached to an aromatic ring is 1. The Kier molecular flexibility index (Phi) is 4.16. The van der Waals surface area contributed by atoms with Gasteiger partial charge < -0.3 is 15.5 Å². The maximum Gasteiger partial charge on any atom is 0.417 e. The van der Waals surface area contributed by atoms with E-state index in [9.17, 15) is 13.2 Å². The van der Waals surface area contributed by atoms with Crippen LogP contribution in [0.25, 0.3) is 0 Å². The molecule has 2 aromatic rings. The Balaban J connectivity index is 1.66. The van der Waals surface area contributed by atoms with Crippen molar-refractivity contribution in [2.24, 2.45) is 0 Å². The maximum absolute atomic E-state index is 12.6. The molecule has 1 saturated heterocycles. The van der Waals surface area contributed by atoms with Gasteiger partial charge in [-0.2, -0.15) is 18.2 Å². The molecule has 0 atom stereocenters. The topological polar surface area (TPSA) is 71.2 Å². The van der Waals surface area contributed by atoms with Gasteiger partial charge in [-0.1, -0.05) is 0 Å². The third-order valence-electron chi connectivity index (χ3n) is 3.86. The second kappa shape index (κ2) is 6.14. The molecule has 9 heteroatoms. The molecule has 0 radical (unpaired) electrons. The van der Waals surface area contributed by atoms with Gasteiger partial charge >= 0.3 is 6.18 Å². The molecule has 2 N–H and O–H groups in total. The Hall–Kier alpha value is -2.58. The third-order valence-corrected chi connectivity index (χ3v) is 3.86. The fourth-order valence-corrected chi connectivity index (χ4v) is 2.64. The number of hydrogen-bond acceptors (Lipinski definition) is 6. The summed E-state index contributed by atoms with van der Waals surface area (Å²) in [6.07, 6.45) is -3.49. The molecule has 0 aliphatic carbocycles. The summed E-state index contributed by atoms with van der Waals surface area (Å²) in [6.45, 7) is 4.49. The Labute approximate surface area is 137 Å². The molecular formula is C15H17F3N6. The summed E-state index contributed by atoms with van der Waals surface area (Å²) < 4.78 is 37.8. The lowest BCUT2D eigenvalue weighted by molar-refractivity contribution is -0.137. The van der Waals surface area contributed by atoms with Crippen LogP contribution in [0.3, 0.4) is 0 Å². The summed E-state index contributed by atoms with van der Waals surface area (Å²) in [6, 6.07) is 4.33. The minimum absolute atomic E-state index is 0.233. The fraction of sp³-hybridized carbons (Fsp3) is 0.400. The van der Waals surface area contributed by atoms with Crippen molar-refractivity contribution in [1.29, 1.82) is 0 Å². The molecule has 0 spiro atoms. The SMILES string of the molecule is Cc1cc(N2CCN(c3ccc(C(F)(F)F)cn3)CC2)nc(N)n1. The van der Waals surface area contributed by atoms with E-state index < -0.39 is 11.7 Å². The third kappa shape index (κ3) is 3.50. The Bertz CT molecular complexity index is 688. The van der Waals surface area contributed by atoms with E-state index in [2.05, 4.69) is 19.9 Å². The van der Waals surface area contributed by atoms with Crippen molar-refractivity contribution in [3.8, 4) is 0 Å². The van der Waals surface area contributed by atoms with Gasteiger partial charge in [-0.3, -0.25) is 0 Å². The molecule has 2 aromatic heterocycles. The molecule has 24 heavy (non-hydrogen) atoms. The number of aromatic nitrogens is 3. The van der Waals surface area contributed by atoms with Gasteiger partial charge in [0, 0.05) is 44.1 Å². The van der Waals surface area contributed by atoms with Gasteiger partial charge in [0.2, 0.25) is 5.95 Å². The van der Waals surface area contributed by atoms with E-state index in [1.165, 1.54) is 6.07 Å². The first-order valence-electron chi connectivity index (χ1n) is 7.47. The molecule has 3 heterocycles. The number of pyridine rings is 1. The smallest absolute Gasteiger partial charge is 0.368 e.